The molecule has 0 saturated carbocycles. The number of benzene rings is 1. The van der Waals surface area contributed by atoms with Crippen LogP contribution in [0.5, 0.6) is 0 Å². The summed E-state index contributed by atoms with van der Waals surface area (Å²) in [5.41, 5.74) is 1.14. The fraction of sp³-hybridized carbons (Fsp3) is 0.412. The second kappa shape index (κ2) is 8.39. The summed E-state index contributed by atoms with van der Waals surface area (Å²) in [6.07, 6.45) is 0.0222. The van der Waals surface area contributed by atoms with E-state index in [4.69, 9.17) is 9.47 Å². The van der Waals surface area contributed by atoms with Crippen molar-refractivity contribution in [3.8, 4) is 0 Å². The van der Waals surface area contributed by atoms with Crippen molar-refractivity contribution in [2.45, 2.75) is 26.2 Å². The Bertz CT molecular complexity index is 713. The number of hydrogen-bond acceptors (Lipinski definition) is 6. The predicted octanol–water partition coefficient (Wildman–Crippen LogP) is 2.05. The van der Waals surface area contributed by atoms with E-state index in [9.17, 15) is 19.7 Å². The Balaban J connectivity index is 2.29. The summed E-state index contributed by atoms with van der Waals surface area (Å²) in [5, 5.41) is 13.6. The molecule has 1 amide bonds. The smallest absolute Gasteiger partial charge is 0.336 e. The Labute approximate surface area is 145 Å². The molecule has 0 radical (unpaired) electrons. The minimum atomic E-state index is -0.590. The number of nitro groups is 1. The van der Waals surface area contributed by atoms with E-state index in [0.717, 1.165) is 0 Å². The van der Waals surface area contributed by atoms with Crippen LogP contribution in [-0.2, 0) is 19.1 Å². The van der Waals surface area contributed by atoms with Crippen molar-refractivity contribution in [2.75, 3.05) is 19.8 Å². The third-order valence-corrected chi connectivity index (χ3v) is 3.84. The lowest BCUT2D eigenvalue weighted by molar-refractivity contribution is -0.384. The van der Waals surface area contributed by atoms with Crippen molar-refractivity contribution in [3.05, 3.63) is 51.2 Å². The van der Waals surface area contributed by atoms with Crippen LogP contribution in [0.25, 0.3) is 0 Å². The van der Waals surface area contributed by atoms with Gasteiger partial charge >= 0.3 is 5.97 Å². The van der Waals surface area contributed by atoms with E-state index in [1.54, 1.807) is 13.0 Å². The highest BCUT2D eigenvalue weighted by atomic mass is 16.6. The monoisotopic (exact) mass is 348 g/mol. The zero-order valence-electron chi connectivity index (χ0n) is 14.1. The molecule has 8 heteroatoms. The van der Waals surface area contributed by atoms with E-state index in [1.165, 1.54) is 18.2 Å². The molecule has 1 aliphatic heterocycles. The lowest BCUT2D eigenvalue weighted by atomic mass is 9.84. The second-order valence-corrected chi connectivity index (χ2v) is 5.53. The van der Waals surface area contributed by atoms with Crippen LogP contribution in [0.4, 0.5) is 5.69 Å². The van der Waals surface area contributed by atoms with Gasteiger partial charge in [-0.1, -0.05) is 12.1 Å². The Kier molecular flexibility index (Phi) is 6.24. The van der Waals surface area contributed by atoms with Crippen molar-refractivity contribution in [3.63, 3.8) is 0 Å². The van der Waals surface area contributed by atoms with Gasteiger partial charge in [0, 0.05) is 36.8 Å². The average molecular weight is 348 g/mol. The highest BCUT2D eigenvalue weighted by molar-refractivity contribution is 5.95. The molecule has 0 aliphatic carbocycles. The molecule has 0 aromatic heterocycles. The summed E-state index contributed by atoms with van der Waals surface area (Å²) in [5.74, 6) is -1.40. The molecule has 1 aromatic rings. The van der Waals surface area contributed by atoms with Crippen LogP contribution in [0.15, 0.2) is 35.5 Å². The molecule has 134 valence electrons. The van der Waals surface area contributed by atoms with Gasteiger partial charge < -0.3 is 14.8 Å². The van der Waals surface area contributed by atoms with Crippen LogP contribution in [0.1, 0.15) is 31.7 Å². The molecule has 0 unspecified atom stereocenters. The van der Waals surface area contributed by atoms with Crippen LogP contribution in [0, 0.1) is 10.1 Å². The first-order chi connectivity index (χ1) is 11.9. The van der Waals surface area contributed by atoms with Gasteiger partial charge in [-0.15, -0.1) is 0 Å². The molecule has 1 atom stereocenters. The number of nitrogens with one attached hydrogen (secondary N) is 1. The van der Waals surface area contributed by atoms with Gasteiger partial charge in [0.25, 0.3) is 5.69 Å². The summed E-state index contributed by atoms with van der Waals surface area (Å²) in [6.45, 7) is 4.34. The topological polar surface area (TPSA) is 108 Å². The van der Waals surface area contributed by atoms with Crippen molar-refractivity contribution >= 4 is 17.6 Å². The number of allylic oxidation sites excluding steroid dienone is 1. The first-order valence-electron chi connectivity index (χ1n) is 7.93. The van der Waals surface area contributed by atoms with E-state index >= 15 is 0 Å². The van der Waals surface area contributed by atoms with Gasteiger partial charge in [0.2, 0.25) is 5.91 Å². The number of ether oxygens (including phenoxy) is 2. The normalized spacial score (nSPS) is 17.2. The third-order valence-electron chi connectivity index (χ3n) is 3.84. The Morgan fingerprint density at radius 1 is 1.40 bits per heavy atom. The molecule has 1 heterocycles. The van der Waals surface area contributed by atoms with Gasteiger partial charge in [-0.05, 0) is 19.4 Å². The zero-order chi connectivity index (χ0) is 18.4. The van der Waals surface area contributed by atoms with E-state index in [-0.39, 0.29) is 31.2 Å². The molecule has 25 heavy (non-hydrogen) atoms. The quantitative estimate of drug-likeness (QED) is 0.350. The molecule has 0 spiro atoms. The molecule has 1 aromatic carbocycles. The lowest BCUT2D eigenvalue weighted by Crippen LogP contribution is -2.34. The van der Waals surface area contributed by atoms with Crippen molar-refractivity contribution in [2.24, 2.45) is 0 Å². The molecule has 0 fully saturated rings. The summed E-state index contributed by atoms with van der Waals surface area (Å²) in [6, 6.07) is 5.94. The van der Waals surface area contributed by atoms with Crippen molar-refractivity contribution in [1.29, 1.82) is 0 Å². The molecule has 2 rings (SSSR count). The summed E-state index contributed by atoms with van der Waals surface area (Å²) in [4.78, 5) is 34.8. The number of carbonyl (C=O) groups is 2. The number of hydrogen-bond donors (Lipinski definition) is 1. The van der Waals surface area contributed by atoms with Gasteiger partial charge in [-0.25, -0.2) is 4.79 Å². The Morgan fingerprint density at radius 3 is 2.84 bits per heavy atom. The fourth-order valence-electron chi connectivity index (χ4n) is 2.73. The van der Waals surface area contributed by atoms with Gasteiger partial charge in [0.05, 0.1) is 17.1 Å². The number of rotatable bonds is 7. The van der Waals surface area contributed by atoms with Crippen LogP contribution >= 0.6 is 0 Å². The highest BCUT2D eigenvalue weighted by Gasteiger charge is 2.33. The number of nitro benzene ring substituents is 1. The van der Waals surface area contributed by atoms with Gasteiger partial charge in [-0.2, -0.15) is 0 Å². The van der Waals surface area contributed by atoms with Gasteiger partial charge in [0.1, 0.15) is 6.61 Å². The summed E-state index contributed by atoms with van der Waals surface area (Å²) in [7, 11) is 0. The zero-order valence-corrected chi connectivity index (χ0v) is 14.1. The van der Waals surface area contributed by atoms with Crippen molar-refractivity contribution < 1.29 is 24.0 Å². The maximum Gasteiger partial charge on any atom is 0.336 e. The second-order valence-electron chi connectivity index (χ2n) is 5.53. The maximum absolute atomic E-state index is 12.5. The number of amides is 1. The van der Waals surface area contributed by atoms with Crippen LogP contribution in [0.2, 0.25) is 0 Å². The third kappa shape index (κ3) is 4.63. The SMILES string of the molecule is CCOCCOC(=O)C1=C(C)NC(=O)C[C@H]1c1cccc([N+](=O)[O-])c1. The first kappa shape index (κ1) is 18.6. The minimum Gasteiger partial charge on any atom is -0.460 e. The summed E-state index contributed by atoms with van der Waals surface area (Å²) < 4.78 is 10.3. The fourth-order valence-corrected chi connectivity index (χ4v) is 2.73. The van der Waals surface area contributed by atoms with Crippen LogP contribution in [0.3, 0.4) is 0 Å². The highest BCUT2D eigenvalue weighted by Crippen LogP contribution is 2.34. The molecular formula is C17H20N2O6. The largest absolute Gasteiger partial charge is 0.460 e. The molecule has 0 bridgehead atoms. The first-order valence-corrected chi connectivity index (χ1v) is 7.93. The van der Waals surface area contributed by atoms with E-state index in [0.29, 0.717) is 23.4 Å². The predicted molar refractivity (Wildman–Crippen MR) is 88.7 cm³/mol. The van der Waals surface area contributed by atoms with E-state index in [1.807, 2.05) is 6.92 Å². The van der Waals surface area contributed by atoms with Crippen molar-refractivity contribution in [1.82, 2.24) is 5.32 Å². The Hall–Kier alpha value is -2.74. The maximum atomic E-state index is 12.5. The average Bonchev–Trinajstić information content (AvgIpc) is 2.58. The van der Waals surface area contributed by atoms with E-state index in [2.05, 4.69) is 5.32 Å². The molecule has 0 saturated heterocycles. The van der Waals surface area contributed by atoms with E-state index < -0.39 is 16.8 Å². The summed E-state index contributed by atoms with van der Waals surface area (Å²) >= 11 is 0. The Morgan fingerprint density at radius 2 is 2.16 bits per heavy atom. The number of non-ortho nitro benzene ring substituents is 1. The minimum absolute atomic E-state index is 0.0222. The molecule has 1 aliphatic rings. The number of esters is 1. The number of carbonyl (C=O) groups excluding carboxylic acids is 2. The molecule has 8 nitrogen and oxygen atoms in total. The number of nitrogens with zero attached hydrogens (tertiary/aromatic N) is 1. The van der Waals surface area contributed by atoms with Gasteiger partial charge in [0.15, 0.2) is 0 Å². The van der Waals surface area contributed by atoms with Crippen LogP contribution in [-0.4, -0.2) is 36.6 Å². The lowest BCUT2D eigenvalue weighted by Gasteiger charge is -2.26. The standard InChI is InChI=1S/C17H20N2O6/c1-3-24-7-8-25-17(21)16-11(2)18-15(20)10-14(16)12-5-4-6-13(9-12)19(22)23/h4-6,9,14H,3,7-8,10H2,1-2H3,(H,18,20)/t14-/m0/s1. The molecular weight excluding hydrogens is 328 g/mol. The van der Waals surface area contributed by atoms with Gasteiger partial charge in [-0.3, -0.25) is 14.9 Å². The van der Waals surface area contributed by atoms with Crippen LogP contribution < -0.4 is 5.32 Å². The molecule has 1 N–H and O–H groups in total.